The molecule has 0 fully saturated rings. The van der Waals surface area contributed by atoms with Gasteiger partial charge >= 0.3 is 0 Å². The summed E-state index contributed by atoms with van der Waals surface area (Å²) in [5.41, 5.74) is 3.83. The van der Waals surface area contributed by atoms with Crippen molar-refractivity contribution >= 4 is 0 Å². The number of nitrogens with zero attached hydrogens (tertiary/aromatic N) is 1. The average Bonchev–Trinajstić information content (AvgIpc) is 2.47. The summed E-state index contributed by atoms with van der Waals surface area (Å²) in [5, 5.41) is 0. The van der Waals surface area contributed by atoms with Gasteiger partial charge < -0.3 is 14.4 Å². The van der Waals surface area contributed by atoms with Gasteiger partial charge in [-0.3, -0.25) is 11.3 Å². The van der Waals surface area contributed by atoms with Crippen molar-refractivity contribution < 1.29 is 9.47 Å². The first kappa shape index (κ1) is 16.8. The molecule has 5 nitrogen and oxygen atoms in total. The Bertz CT molecular complexity index is 437. The number of rotatable bonds is 7. The van der Waals surface area contributed by atoms with Crippen LogP contribution in [0.3, 0.4) is 0 Å². The number of nitrogens with two attached hydrogens (primary N) is 1. The fourth-order valence-corrected chi connectivity index (χ4v) is 2.44. The molecule has 0 bridgehead atoms. The van der Waals surface area contributed by atoms with Crippen LogP contribution in [-0.2, 0) is 0 Å². The number of ether oxygens (including phenoxy) is 2. The van der Waals surface area contributed by atoms with E-state index in [1.807, 2.05) is 18.2 Å². The van der Waals surface area contributed by atoms with Crippen LogP contribution in [0.5, 0.6) is 11.5 Å². The van der Waals surface area contributed by atoms with Crippen LogP contribution in [0.15, 0.2) is 18.2 Å². The number of benzene rings is 1. The van der Waals surface area contributed by atoms with Gasteiger partial charge in [0.1, 0.15) is 11.5 Å². The molecule has 20 heavy (non-hydrogen) atoms. The summed E-state index contributed by atoms with van der Waals surface area (Å²) in [6.07, 6.45) is 0.948. The van der Waals surface area contributed by atoms with E-state index in [2.05, 4.69) is 38.3 Å². The minimum atomic E-state index is -0.128. The average molecular weight is 281 g/mol. The molecule has 0 amide bonds. The molecule has 1 aromatic rings. The van der Waals surface area contributed by atoms with Gasteiger partial charge in [0.25, 0.3) is 0 Å². The second-order valence-corrected chi connectivity index (χ2v) is 5.31. The zero-order valence-corrected chi connectivity index (χ0v) is 13.4. The molecule has 0 aliphatic carbocycles. The lowest BCUT2D eigenvalue weighted by Crippen LogP contribution is -2.53. The maximum Gasteiger partial charge on any atom is 0.127 e. The number of likely N-dealkylation sites (N-methyl/N-ethyl adjacent to an activating group) is 1. The van der Waals surface area contributed by atoms with Crippen molar-refractivity contribution in [3.8, 4) is 11.5 Å². The van der Waals surface area contributed by atoms with Gasteiger partial charge in [0.2, 0.25) is 0 Å². The van der Waals surface area contributed by atoms with Gasteiger partial charge in [-0.15, -0.1) is 0 Å². The molecule has 0 aliphatic rings. The van der Waals surface area contributed by atoms with E-state index >= 15 is 0 Å². The van der Waals surface area contributed by atoms with Gasteiger partial charge in [-0.1, -0.05) is 6.92 Å². The quantitative estimate of drug-likeness (QED) is 0.591. The van der Waals surface area contributed by atoms with Crippen LogP contribution in [0.2, 0.25) is 0 Å². The van der Waals surface area contributed by atoms with E-state index < -0.39 is 0 Å². The van der Waals surface area contributed by atoms with E-state index in [0.717, 1.165) is 23.5 Å². The summed E-state index contributed by atoms with van der Waals surface area (Å²) >= 11 is 0. The van der Waals surface area contributed by atoms with Crippen molar-refractivity contribution in [3.05, 3.63) is 23.8 Å². The highest BCUT2D eigenvalue weighted by Gasteiger charge is 2.36. The SMILES string of the molecule is CCC(C)(C(NN)c1ccc(OC)cc1OC)N(C)C. The summed E-state index contributed by atoms with van der Waals surface area (Å²) < 4.78 is 10.7. The van der Waals surface area contributed by atoms with Gasteiger partial charge in [0, 0.05) is 17.2 Å². The Kier molecular flexibility index (Phi) is 5.80. The molecule has 1 aromatic carbocycles. The van der Waals surface area contributed by atoms with Crippen LogP contribution in [0.1, 0.15) is 31.9 Å². The zero-order valence-electron chi connectivity index (χ0n) is 13.4. The van der Waals surface area contributed by atoms with Crippen molar-refractivity contribution in [3.63, 3.8) is 0 Å². The fraction of sp³-hybridized carbons (Fsp3) is 0.600. The second-order valence-electron chi connectivity index (χ2n) is 5.31. The third-order valence-corrected chi connectivity index (χ3v) is 4.28. The van der Waals surface area contributed by atoms with Crippen molar-refractivity contribution in [2.45, 2.75) is 31.8 Å². The molecule has 2 atom stereocenters. The smallest absolute Gasteiger partial charge is 0.127 e. The van der Waals surface area contributed by atoms with E-state index in [4.69, 9.17) is 15.3 Å². The second kappa shape index (κ2) is 6.92. The molecule has 0 aromatic heterocycles. The predicted molar refractivity (Wildman–Crippen MR) is 82.0 cm³/mol. The molecule has 0 saturated carbocycles. The van der Waals surface area contributed by atoms with Crippen LogP contribution in [0.25, 0.3) is 0 Å². The Hall–Kier alpha value is -1.30. The van der Waals surface area contributed by atoms with E-state index in [0.29, 0.717) is 0 Å². The van der Waals surface area contributed by atoms with Crippen LogP contribution in [-0.4, -0.2) is 38.8 Å². The van der Waals surface area contributed by atoms with Crippen molar-refractivity contribution in [2.24, 2.45) is 5.84 Å². The molecule has 2 unspecified atom stereocenters. The molecule has 1 rings (SSSR count). The van der Waals surface area contributed by atoms with Gasteiger partial charge in [-0.25, -0.2) is 0 Å². The maximum absolute atomic E-state index is 5.83. The third-order valence-electron chi connectivity index (χ3n) is 4.28. The zero-order chi connectivity index (χ0) is 15.3. The number of methoxy groups -OCH3 is 2. The number of hydrogen-bond donors (Lipinski definition) is 2. The Balaban J connectivity index is 3.31. The lowest BCUT2D eigenvalue weighted by atomic mass is 9.83. The van der Waals surface area contributed by atoms with Gasteiger partial charge in [-0.2, -0.15) is 0 Å². The highest BCUT2D eigenvalue weighted by Crippen LogP contribution is 2.38. The third kappa shape index (κ3) is 3.06. The monoisotopic (exact) mass is 281 g/mol. The Morgan fingerprint density at radius 1 is 1.30 bits per heavy atom. The first-order chi connectivity index (χ1) is 9.44. The Morgan fingerprint density at radius 3 is 2.35 bits per heavy atom. The summed E-state index contributed by atoms with van der Waals surface area (Å²) in [5.74, 6) is 7.37. The van der Waals surface area contributed by atoms with E-state index in [1.165, 1.54) is 0 Å². The first-order valence-electron chi connectivity index (χ1n) is 6.80. The topological polar surface area (TPSA) is 59.8 Å². The van der Waals surface area contributed by atoms with E-state index in [-0.39, 0.29) is 11.6 Å². The summed E-state index contributed by atoms with van der Waals surface area (Å²) in [7, 11) is 7.42. The maximum atomic E-state index is 5.83. The minimum absolute atomic E-state index is 0.0524. The number of hydrazine groups is 1. The Morgan fingerprint density at radius 2 is 1.95 bits per heavy atom. The molecule has 0 spiro atoms. The van der Waals surface area contributed by atoms with Gasteiger partial charge in [-0.05, 0) is 39.6 Å². The first-order valence-corrected chi connectivity index (χ1v) is 6.80. The lowest BCUT2D eigenvalue weighted by molar-refractivity contribution is 0.111. The van der Waals surface area contributed by atoms with Crippen molar-refractivity contribution in [1.82, 2.24) is 10.3 Å². The van der Waals surface area contributed by atoms with Crippen LogP contribution < -0.4 is 20.7 Å². The molecular weight excluding hydrogens is 254 g/mol. The molecule has 0 radical (unpaired) electrons. The molecule has 0 heterocycles. The number of nitrogens with one attached hydrogen (secondary N) is 1. The predicted octanol–water partition coefficient (Wildman–Crippen LogP) is 1.94. The largest absolute Gasteiger partial charge is 0.497 e. The Labute approximate surface area is 122 Å². The van der Waals surface area contributed by atoms with Crippen molar-refractivity contribution in [1.29, 1.82) is 0 Å². The normalized spacial score (nSPS) is 15.8. The van der Waals surface area contributed by atoms with Crippen molar-refractivity contribution in [2.75, 3.05) is 28.3 Å². The van der Waals surface area contributed by atoms with Gasteiger partial charge in [0.15, 0.2) is 0 Å². The molecular formula is C15H27N3O2. The molecule has 3 N–H and O–H groups in total. The summed E-state index contributed by atoms with van der Waals surface area (Å²) in [6.45, 7) is 4.33. The lowest BCUT2D eigenvalue weighted by Gasteiger charge is -2.42. The van der Waals surface area contributed by atoms with Crippen LogP contribution in [0, 0.1) is 0 Å². The van der Waals surface area contributed by atoms with E-state index in [9.17, 15) is 0 Å². The van der Waals surface area contributed by atoms with Crippen LogP contribution in [0.4, 0.5) is 0 Å². The van der Waals surface area contributed by atoms with E-state index in [1.54, 1.807) is 14.2 Å². The highest BCUT2D eigenvalue weighted by atomic mass is 16.5. The van der Waals surface area contributed by atoms with Gasteiger partial charge in [0.05, 0.1) is 20.3 Å². The summed E-state index contributed by atoms with van der Waals surface area (Å²) in [6, 6.07) is 5.75. The molecule has 114 valence electrons. The summed E-state index contributed by atoms with van der Waals surface area (Å²) in [4.78, 5) is 2.18. The highest BCUT2D eigenvalue weighted by molar-refractivity contribution is 5.43. The molecule has 0 aliphatic heterocycles. The molecule has 0 saturated heterocycles. The fourth-order valence-electron chi connectivity index (χ4n) is 2.44. The number of hydrogen-bond acceptors (Lipinski definition) is 5. The van der Waals surface area contributed by atoms with Crippen LogP contribution >= 0.6 is 0 Å². The molecule has 5 heteroatoms. The standard InChI is InChI=1S/C15H27N3O2/c1-7-15(2,18(3)4)14(17-16)12-9-8-11(19-5)10-13(12)20-6/h8-10,14,17H,7,16H2,1-6H3. The minimum Gasteiger partial charge on any atom is -0.497 e.